The van der Waals surface area contributed by atoms with Gasteiger partial charge in [0.05, 0.1) is 6.61 Å². The Morgan fingerprint density at radius 1 is 1.69 bits per heavy atom. The normalized spacial score (nSPS) is 24.8. The molecule has 1 atom stereocenters. The van der Waals surface area contributed by atoms with Crippen molar-refractivity contribution in [2.45, 2.75) is 32.7 Å². The van der Waals surface area contributed by atoms with Gasteiger partial charge in [-0.05, 0) is 39.3 Å². The Kier molecular flexibility index (Phi) is 4.51. The van der Waals surface area contributed by atoms with Crippen LogP contribution >= 0.6 is 0 Å². The molecule has 0 aliphatic carbocycles. The molecule has 0 aromatic rings. The lowest BCUT2D eigenvalue weighted by molar-refractivity contribution is -0.138. The van der Waals surface area contributed by atoms with Crippen LogP contribution in [0.25, 0.3) is 0 Å². The van der Waals surface area contributed by atoms with Crippen LogP contribution in [0.3, 0.4) is 0 Å². The van der Waals surface area contributed by atoms with Crippen LogP contribution in [0, 0.1) is 11.3 Å². The summed E-state index contributed by atoms with van der Waals surface area (Å²) in [6.07, 6.45) is 1.56. The number of nitriles is 1. The maximum atomic E-state index is 11.5. The summed E-state index contributed by atoms with van der Waals surface area (Å²) in [6, 6.07) is 2.35. The summed E-state index contributed by atoms with van der Waals surface area (Å²) in [5, 5.41) is 9.01. The van der Waals surface area contributed by atoms with Crippen molar-refractivity contribution >= 4 is 5.97 Å². The summed E-state index contributed by atoms with van der Waals surface area (Å²) in [4.78, 5) is 13.8. The van der Waals surface area contributed by atoms with Gasteiger partial charge in [-0.25, -0.2) is 4.79 Å². The molecule has 88 valence electrons. The zero-order valence-electron chi connectivity index (χ0n) is 10.1. The first-order chi connectivity index (χ1) is 7.60. The third-order valence-corrected chi connectivity index (χ3v) is 3.01. The number of likely N-dealkylation sites (tertiary alicyclic amines) is 1. The molecule has 1 unspecified atom stereocenters. The number of rotatable bonds is 2. The number of nitrogens with zero attached hydrogens (tertiary/aromatic N) is 2. The highest BCUT2D eigenvalue weighted by Gasteiger charge is 2.23. The Morgan fingerprint density at radius 2 is 2.38 bits per heavy atom. The number of carbonyl (C=O) groups excluding carboxylic acids is 1. The van der Waals surface area contributed by atoms with Crippen LogP contribution in [0.15, 0.2) is 11.1 Å². The summed E-state index contributed by atoms with van der Waals surface area (Å²) in [5.41, 5.74) is 1.15. The predicted molar refractivity (Wildman–Crippen MR) is 60.6 cm³/mol. The smallest absolute Gasteiger partial charge is 0.348 e. The van der Waals surface area contributed by atoms with Gasteiger partial charge in [0, 0.05) is 12.6 Å². The van der Waals surface area contributed by atoms with Crippen molar-refractivity contribution in [2.75, 3.05) is 20.2 Å². The summed E-state index contributed by atoms with van der Waals surface area (Å²) >= 11 is 0. The van der Waals surface area contributed by atoms with Crippen LogP contribution in [0.4, 0.5) is 0 Å². The Morgan fingerprint density at radius 3 is 2.88 bits per heavy atom. The first-order valence-corrected chi connectivity index (χ1v) is 5.59. The van der Waals surface area contributed by atoms with Gasteiger partial charge in [-0.15, -0.1) is 0 Å². The van der Waals surface area contributed by atoms with Gasteiger partial charge in [0.25, 0.3) is 0 Å². The van der Waals surface area contributed by atoms with E-state index in [1.165, 1.54) is 0 Å². The quantitative estimate of drug-likeness (QED) is 0.403. The molecule has 1 aliphatic rings. The van der Waals surface area contributed by atoms with E-state index in [2.05, 4.69) is 18.9 Å². The maximum Gasteiger partial charge on any atom is 0.348 e. The second kappa shape index (κ2) is 5.66. The van der Waals surface area contributed by atoms with Crippen LogP contribution in [-0.4, -0.2) is 37.1 Å². The second-order valence-corrected chi connectivity index (χ2v) is 4.09. The standard InChI is InChI=1S/C12H18N2O2/c1-4-16-12(15)11(8-13)10-5-6-14(3)9(2)7-10/h9H,4-7H2,1-3H3. The molecule has 1 rings (SSSR count). The zero-order valence-corrected chi connectivity index (χ0v) is 10.1. The number of piperidine rings is 1. The molecule has 0 aromatic heterocycles. The minimum atomic E-state index is -0.475. The Labute approximate surface area is 96.5 Å². The van der Waals surface area contributed by atoms with Crippen molar-refractivity contribution in [3.8, 4) is 6.07 Å². The number of ether oxygens (including phenoxy) is 1. The minimum Gasteiger partial charge on any atom is -0.462 e. The van der Waals surface area contributed by atoms with Gasteiger partial charge in [-0.3, -0.25) is 0 Å². The lowest BCUT2D eigenvalue weighted by Crippen LogP contribution is -2.35. The topological polar surface area (TPSA) is 53.3 Å². The van der Waals surface area contributed by atoms with Crippen molar-refractivity contribution < 1.29 is 9.53 Å². The van der Waals surface area contributed by atoms with Crippen LogP contribution in [0.1, 0.15) is 26.7 Å². The van der Waals surface area contributed by atoms with Gasteiger partial charge in [-0.1, -0.05) is 0 Å². The highest BCUT2D eigenvalue weighted by Crippen LogP contribution is 2.24. The SMILES string of the molecule is CCOC(=O)C(C#N)=C1CCN(C)C(C)C1. The average molecular weight is 222 g/mol. The van der Waals surface area contributed by atoms with Gasteiger partial charge in [0.15, 0.2) is 0 Å². The van der Waals surface area contributed by atoms with Gasteiger partial charge < -0.3 is 9.64 Å². The Hall–Kier alpha value is -1.34. The summed E-state index contributed by atoms with van der Waals surface area (Å²) in [7, 11) is 2.05. The first kappa shape index (κ1) is 12.7. The number of hydrogen-bond donors (Lipinski definition) is 0. The van der Waals surface area contributed by atoms with Crippen LogP contribution in [-0.2, 0) is 9.53 Å². The third kappa shape index (κ3) is 2.83. The van der Waals surface area contributed by atoms with E-state index in [0.717, 1.165) is 25.0 Å². The van der Waals surface area contributed by atoms with Gasteiger partial charge in [0.2, 0.25) is 0 Å². The van der Waals surface area contributed by atoms with Crippen LogP contribution in [0.5, 0.6) is 0 Å². The van der Waals surface area contributed by atoms with Crippen molar-refractivity contribution in [1.29, 1.82) is 5.26 Å². The first-order valence-electron chi connectivity index (χ1n) is 5.59. The molecule has 0 saturated carbocycles. The summed E-state index contributed by atoms with van der Waals surface area (Å²) in [5.74, 6) is -0.475. The molecule has 0 aromatic carbocycles. The second-order valence-electron chi connectivity index (χ2n) is 4.09. The predicted octanol–water partition coefficient (Wildman–Crippen LogP) is 1.48. The van der Waals surface area contributed by atoms with Gasteiger partial charge in [0.1, 0.15) is 11.6 Å². The minimum absolute atomic E-state index is 0.210. The van der Waals surface area contributed by atoms with E-state index in [1.807, 2.05) is 6.07 Å². The molecule has 16 heavy (non-hydrogen) atoms. The zero-order chi connectivity index (χ0) is 12.1. The lowest BCUT2D eigenvalue weighted by Gasteiger charge is -2.31. The Bertz CT molecular complexity index is 341. The molecule has 4 heteroatoms. The Balaban J connectivity index is 2.85. The fraction of sp³-hybridized carbons (Fsp3) is 0.667. The molecule has 0 N–H and O–H groups in total. The number of hydrogen-bond acceptors (Lipinski definition) is 4. The highest BCUT2D eigenvalue weighted by molar-refractivity contribution is 5.93. The van der Waals surface area contributed by atoms with Gasteiger partial charge in [-0.2, -0.15) is 5.26 Å². The summed E-state index contributed by atoms with van der Waals surface area (Å²) in [6.45, 7) is 5.04. The van der Waals surface area contributed by atoms with E-state index in [9.17, 15) is 4.79 Å². The van der Waals surface area contributed by atoms with E-state index in [4.69, 9.17) is 10.00 Å². The van der Waals surface area contributed by atoms with E-state index in [1.54, 1.807) is 6.92 Å². The molecule has 4 nitrogen and oxygen atoms in total. The van der Waals surface area contributed by atoms with E-state index >= 15 is 0 Å². The highest BCUT2D eigenvalue weighted by atomic mass is 16.5. The van der Waals surface area contributed by atoms with Crippen molar-refractivity contribution in [2.24, 2.45) is 0 Å². The van der Waals surface area contributed by atoms with Crippen LogP contribution < -0.4 is 0 Å². The molecule has 1 fully saturated rings. The molecule has 1 saturated heterocycles. The number of carbonyl (C=O) groups is 1. The average Bonchev–Trinajstić information content (AvgIpc) is 2.25. The molecule has 0 bridgehead atoms. The van der Waals surface area contributed by atoms with Crippen molar-refractivity contribution in [3.63, 3.8) is 0 Å². The molecular weight excluding hydrogens is 204 g/mol. The molecule has 0 radical (unpaired) electrons. The third-order valence-electron chi connectivity index (χ3n) is 3.01. The largest absolute Gasteiger partial charge is 0.462 e. The fourth-order valence-electron chi connectivity index (χ4n) is 1.85. The van der Waals surface area contributed by atoms with Gasteiger partial charge >= 0.3 is 5.97 Å². The summed E-state index contributed by atoms with van der Waals surface area (Å²) < 4.78 is 4.88. The molecular formula is C12H18N2O2. The molecule has 1 aliphatic heterocycles. The van der Waals surface area contributed by atoms with Crippen molar-refractivity contribution in [3.05, 3.63) is 11.1 Å². The van der Waals surface area contributed by atoms with Crippen molar-refractivity contribution in [1.82, 2.24) is 4.90 Å². The van der Waals surface area contributed by atoms with E-state index < -0.39 is 5.97 Å². The molecule has 0 amide bonds. The van der Waals surface area contributed by atoms with E-state index in [0.29, 0.717) is 12.6 Å². The molecule has 1 heterocycles. The lowest BCUT2D eigenvalue weighted by atomic mass is 9.94. The maximum absolute atomic E-state index is 11.5. The van der Waals surface area contributed by atoms with Crippen LogP contribution in [0.2, 0.25) is 0 Å². The fourth-order valence-corrected chi connectivity index (χ4v) is 1.85. The number of esters is 1. The monoisotopic (exact) mass is 222 g/mol. The van der Waals surface area contributed by atoms with E-state index in [-0.39, 0.29) is 5.57 Å². The molecule has 0 spiro atoms.